The molecule has 32 heavy (non-hydrogen) atoms. The van der Waals surface area contributed by atoms with Crippen LogP contribution in [0.5, 0.6) is 0 Å². The molecule has 1 aromatic rings. The molecule has 0 aliphatic rings. The fraction of sp³-hybridized carbons (Fsp3) is 0.524. The van der Waals surface area contributed by atoms with Crippen molar-refractivity contribution in [1.29, 1.82) is 0 Å². The maximum absolute atomic E-state index is 12.1. The molecule has 10 N–H and O–H groups in total. The van der Waals surface area contributed by atoms with Gasteiger partial charge in [0.05, 0.1) is 19.1 Å². The first-order chi connectivity index (χ1) is 15.3. The van der Waals surface area contributed by atoms with E-state index < -0.39 is 6.03 Å². The van der Waals surface area contributed by atoms with Crippen LogP contribution >= 0.6 is 0 Å². The van der Waals surface area contributed by atoms with E-state index in [4.69, 9.17) is 17.2 Å². The first-order valence-corrected chi connectivity index (χ1v) is 10.5. The number of urea groups is 1. The predicted octanol–water partition coefficient (Wildman–Crippen LogP) is -0.203. The summed E-state index contributed by atoms with van der Waals surface area (Å²) >= 11 is 0. The van der Waals surface area contributed by atoms with Gasteiger partial charge in [-0.3, -0.25) is 9.59 Å². The van der Waals surface area contributed by atoms with E-state index in [2.05, 4.69) is 35.1 Å². The Balaban J connectivity index is 0. The van der Waals surface area contributed by atoms with E-state index in [9.17, 15) is 19.2 Å². The SMILES string of the molecule is CCC.CN[C@@H](CCCNC(N)=O)C(=O)Nc1ccc(CN)cc1.NCC(=O)NCC=O. The van der Waals surface area contributed by atoms with Crippen molar-refractivity contribution >= 4 is 29.8 Å². The lowest BCUT2D eigenvalue weighted by molar-refractivity contribution is -0.121. The molecule has 0 heterocycles. The van der Waals surface area contributed by atoms with Gasteiger partial charge in [-0.2, -0.15) is 0 Å². The summed E-state index contributed by atoms with van der Waals surface area (Å²) in [5, 5.41) is 10.5. The number of carbonyl (C=O) groups is 4. The number of anilines is 1. The normalized spacial score (nSPS) is 10.3. The zero-order valence-electron chi connectivity index (χ0n) is 19.3. The number of hydrogen-bond acceptors (Lipinski definition) is 7. The van der Waals surface area contributed by atoms with E-state index >= 15 is 0 Å². The minimum Gasteiger partial charge on any atom is -0.352 e. The number of likely N-dealkylation sites (N-methyl/N-ethyl adjacent to an activating group) is 1. The first-order valence-electron chi connectivity index (χ1n) is 10.5. The topological polar surface area (TPSA) is 194 Å². The van der Waals surface area contributed by atoms with E-state index in [0.29, 0.717) is 32.2 Å². The van der Waals surface area contributed by atoms with Crippen LogP contribution in [0.25, 0.3) is 0 Å². The van der Waals surface area contributed by atoms with Crippen molar-refractivity contribution < 1.29 is 19.2 Å². The summed E-state index contributed by atoms with van der Waals surface area (Å²) < 4.78 is 0. The van der Waals surface area contributed by atoms with Crippen LogP contribution in [0.1, 0.15) is 38.7 Å². The highest BCUT2D eigenvalue weighted by Crippen LogP contribution is 2.10. The van der Waals surface area contributed by atoms with E-state index in [-0.39, 0.29) is 30.9 Å². The average molecular weight is 454 g/mol. The molecule has 0 bridgehead atoms. The van der Waals surface area contributed by atoms with Crippen LogP contribution in [0.3, 0.4) is 0 Å². The van der Waals surface area contributed by atoms with Crippen LogP contribution in [0.2, 0.25) is 0 Å². The van der Waals surface area contributed by atoms with Gasteiger partial charge in [0.25, 0.3) is 0 Å². The fourth-order valence-electron chi connectivity index (χ4n) is 2.11. The number of rotatable bonds is 11. The number of amides is 4. The van der Waals surface area contributed by atoms with Crippen LogP contribution in [-0.4, -0.2) is 56.9 Å². The molecule has 0 saturated heterocycles. The number of nitrogens with two attached hydrogens (primary N) is 3. The molecule has 0 fully saturated rings. The molecule has 1 rings (SSSR count). The van der Waals surface area contributed by atoms with Crippen LogP contribution in [-0.2, 0) is 20.9 Å². The van der Waals surface area contributed by atoms with E-state index in [0.717, 1.165) is 11.3 Å². The predicted molar refractivity (Wildman–Crippen MR) is 127 cm³/mol. The second-order valence-corrected chi connectivity index (χ2v) is 6.55. The van der Waals surface area contributed by atoms with Gasteiger partial charge in [0.1, 0.15) is 6.29 Å². The second kappa shape index (κ2) is 21.2. The number of aldehydes is 1. The van der Waals surface area contributed by atoms with E-state index in [1.165, 1.54) is 6.42 Å². The van der Waals surface area contributed by atoms with Crippen LogP contribution in [0.4, 0.5) is 10.5 Å². The monoisotopic (exact) mass is 453 g/mol. The summed E-state index contributed by atoms with van der Waals surface area (Å²) in [6.07, 6.45) is 3.12. The Labute approximate surface area is 190 Å². The molecule has 0 saturated carbocycles. The largest absolute Gasteiger partial charge is 0.352 e. The molecule has 0 aromatic heterocycles. The van der Waals surface area contributed by atoms with Crippen molar-refractivity contribution in [2.24, 2.45) is 17.2 Å². The minimum atomic E-state index is -0.555. The van der Waals surface area contributed by atoms with Gasteiger partial charge in [0, 0.05) is 18.8 Å². The van der Waals surface area contributed by atoms with Gasteiger partial charge in [-0.15, -0.1) is 0 Å². The maximum atomic E-state index is 12.1. The lowest BCUT2D eigenvalue weighted by Crippen LogP contribution is -2.39. The van der Waals surface area contributed by atoms with Gasteiger partial charge in [-0.1, -0.05) is 32.4 Å². The first kappa shape index (κ1) is 31.2. The van der Waals surface area contributed by atoms with Crippen LogP contribution < -0.4 is 38.5 Å². The molecule has 1 atom stereocenters. The summed E-state index contributed by atoms with van der Waals surface area (Å²) in [6.45, 7) is 5.16. The molecule has 0 aliphatic heterocycles. The van der Waals surface area contributed by atoms with Crippen molar-refractivity contribution in [1.82, 2.24) is 16.0 Å². The lowest BCUT2D eigenvalue weighted by atomic mass is 10.1. The lowest BCUT2D eigenvalue weighted by Gasteiger charge is -2.16. The summed E-state index contributed by atoms with van der Waals surface area (Å²) in [5.41, 5.74) is 17.1. The standard InChI is InChI=1S/C14H23N5O2.C4H8N2O2.C3H8/c1-17-12(3-2-8-18-14(16)21)13(20)19-11-6-4-10(9-15)5-7-11;5-3-4(8)6-1-2-7;1-3-2/h4-7,12,17H,2-3,8-9,15H2,1H3,(H,19,20)(H3,16,18,21);2H,1,3,5H2,(H,6,8);3H2,1-2H3/t12-;;/m0../s1. The van der Waals surface area contributed by atoms with E-state index in [1.807, 2.05) is 24.3 Å². The quantitative estimate of drug-likeness (QED) is 0.178. The molecular formula is C21H39N7O4. The van der Waals surface area contributed by atoms with Crippen LogP contribution in [0, 0.1) is 0 Å². The Bertz CT molecular complexity index is 654. The minimum absolute atomic E-state index is 0.0516. The van der Waals surface area contributed by atoms with E-state index in [1.54, 1.807) is 7.05 Å². The highest BCUT2D eigenvalue weighted by atomic mass is 16.2. The maximum Gasteiger partial charge on any atom is 0.312 e. The second-order valence-electron chi connectivity index (χ2n) is 6.55. The van der Waals surface area contributed by atoms with Crippen molar-refractivity contribution in [3.05, 3.63) is 29.8 Å². The Morgan fingerprint density at radius 1 is 1.06 bits per heavy atom. The van der Waals surface area contributed by atoms with Crippen LogP contribution in [0.15, 0.2) is 24.3 Å². The molecule has 0 aliphatic carbocycles. The number of nitrogens with one attached hydrogen (secondary N) is 4. The van der Waals surface area contributed by atoms with Gasteiger partial charge in [-0.25, -0.2) is 4.79 Å². The number of benzene rings is 1. The van der Waals surface area contributed by atoms with Crippen molar-refractivity contribution in [3.8, 4) is 0 Å². The highest BCUT2D eigenvalue weighted by Gasteiger charge is 2.15. The fourth-order valence-corrected chi connectivity index (χ4v) is 2.11. The molecule has 4 amide bonds. The third-order valence-corrected chi connectivity index (χ3v) is 3.66. The molecule has 11 nitrogen and oxygen atoms in total. The molecule has 11 heteroatoms. The molecule has 0 radical (unpaired) electrons. The Morgan fingerprint density at radius 2 is 1.66 bits per heavy atom. The number of hydrogen-bond donors (Lipinski definition) is 7. The number of primary amides is 1. The number of carbonyl (C=O) groups excluding carboxylic acids is 4. The molecule has 0 unspecified atom stereocenters. The van der Waals surface area contributed by atoms with Gasteiger partial charge in [0.2, 0.25) is 11.8 Å². The van der Waals surface area contributed by atoms with Crippen molar-refractivity contribution in [3.63, 3.8) is 0 Å². The molecule has 0 spiro atoms. The summed E-state index contributed by atoms with van der Waals surface area (Å²) in [6, 6.07) is 6.51. The smallest absolute Gasteiger partial charge is 0.312 e. The van der Waals surface area contributed by atoms with Crippen molar-refractivity contribution in [2.45, 2.75) is 45.7 Å². The summed E-state index contributed by atoms with van der Waals surface area (Å²) in [7, 11) is 1.73. The average Bonchev–Trinajstić information content (AvgIpc) is 2.78. The molecular weight excluding hydrogens is 414 g/mol. The molecule has 1 aromatic carbocycles. The Morgan fingerprint density at radius 3 is 2.09 bits per heavy atom. The van der Waals surface area contributed by atoms with Gasteiger partial charge in [-0.05, 0) is 37.6 Å². The zero-order chi connectivity index (χ0) is 24.8. The zero-order valence-corrected chi connectivity index (χ0v) is 19.3. The van der Waals surface area contributed by atoms with Gasteiger partial charge < -0.3 is 43.3 Å². The van der Waals surface area contributed by atoms with Gasteiger partial charge >= 0.3 is 6.03 Å². The third kappa shape index (κ3) is 17.8. The molecule has 182 valence electrons. The van der Waals surface area contributed by atoms with Crippen molar-refractivity contribution in [2.75, 3.05) is 32.0 Å². The Hall–Kier alpha value is -3.02. The highest BCUT2D eigenvalue weighted by molar-refractivity contribution is 5.94. The van der Waals surface area contributed by atoms with Gasteiger partial charge in [0.15, 0.2) is 0 Å². The Kier molecular flexibility index (Phi) is 20.7. The summed E-state index contributed by atoms with van der Waals surface area (Å²) in [5.74, 6) is -0.422. The summed E-state index contributed by atoms with van der Waals surface area (Å²) in [4.78, 5) is 42.4. The third-order valence-electron chi connectivity index (χ3n) is 3.66.